The maximum absolute atomic E-state index is 11.9. The second-order valence-corrected chi connectivity index (χ2v) is 8.54. The summed E-state index contributed by atoms with van der Waals surface area (Å²) in [5.74, 6) is 0.198. The molecule has 2 atom stereocenters. The van der Waals surface area contributed by atoms with Crippen LogP contribution in [0, 0.1) is 0 Å². The fourth-order valence-corrected chi connectivity index (χ4v) is 5.21. The van der Waals surface area contributed by atoms with E-state index in [0.717, 1.165) is 37.9 Å². The molecule has 23 heavy (non-hydrogen) atoms. The number of benzene rings is 1. The molecule has 2 N–H and O–H groups in total. The summed E-state index contributed by atoms with van der Waals surface area (Å²) in [7, 11) is -3.14. The molecule has 1 saturated heterocycles. The average Bonchev–Trinajstić information content (AvgIpc) is 2.85. The molecule has 0 amide bonds. The highest BCUT2D eigenvalue weighted by molar-refractivity contribution is 7.89. The number of aliphatic hydroxyl groups is 1. The van der Waals surface area contributed by atoms with E-state index in [1.54, 1.807) is 0 Å². The molecule has 0 spiro atoms. The van der Waals surface area contributed by atoms with Crippen LogP contribution in [0.15, 0.2) is 24.3 Å². The van der Waals surface area contributed by atoms with Crippen LogP contribution >= 0.6 is 0 Å². The van der Waals surface area contributed by atoms with Crippen LogP contribution in [0.5, 0.6) is 0 Å². The van der Waals surface area contributed by atoms with Crippen LogP contribution in [0.1, 0.15) is 43.4 Å². The highest BCUT2D eigenvalue weighted by Gasteiger charge is 2.36. The number of rotatable bonds is 5. The molecular formula is C17H26N2O3S. The van der Waals surface area contributed by atoms with Gasteiger partial charge in [0, 0.05) is 25.2 Å². The van der Waals surface area contributed by atoms with Crippen molar-refractivity contribution >= 4 is 10.0 Å². The van der Waals surface area contributed by atoms with Crippen molar-refractivity contribution in [2.45, 2.75) is 50.8 Å². The third-order valence-electron chi connectivity index (χ3n) is 4.98. The lowest BCUT2D eigenvalue weighted by Gasteiger charge is -2.37. The van der Waals surface area contributed by atoms with Crippen molar-refractivity contribution in [3.05, 3.63) is 35.4 Å². The van der Waals surface area contributed by atoms with Crippen molar-refractivity contribution in [2.75, 3.05) is 18.8 Å². The van der Waals surface area contributed by atoms with Crippen LogP contribution in [0.2, 0.25) is 0 Å². The summed E-state index contributed by atoms with van der Waals surface area (Å²) < 4.78 is 26.6. The van der Waals surface area contributed by atoms with Crippen molar-refractivity contribution in [3.63, 3.8) is 0 Å². The number of aliphatic hydroxyl groups excluding tert-OH is 1. The summed E-state index contributed by atoms with van der Waals surface area (Å²) in [6, 6.07) is 8.24. The highest BCUT2D eigenvalue weighted by Crippen LogP contribution is 2.35. The van der Waals surface area contributed by atoms with Crippen LogP contribution < -0.4 is 4.72 Å². The number of hydrogen-bond acceptors (Lipinski definition) is 4. The first-order valence-electron chi connectivity index (χ1n) is 8.50. The Labute approximate surface area is 138 Å². The predicted octanol–water partition coefficient (Wildman–Crippen LogP) is 1.44. The molecular weight excluding hydrogens is 312 g/mol. The van der Waals surface area contributed by atoms with Crippen LogP contribution in [-0.4, -0.2) is 49.4 Å². The SMILES string of the molecule is CCCS(=O)(=O)NC1CCN([C@@H]2Cc3ccccc3[C@@H]2O)CC1. The third-order valence-corrected chi connectivity index (χ3v) is 6.62. The Morgan fingerprint density at radius 2 is 1.96 bits per heavy atom. The van der Waals surface area contributed by atoms with Crippen molar-refractivity contribution < 1.29 is 13.5 Å². The third kappa shape index (κ3) is 3.76. The zero-order valence-electron chi connectivity index (χ0n) is 13.6. The van der Waals surface area contributed by atoms with Gasteiger partial charge in [-0.25, -0.2) is 13.1 Å². The molecule has 0 aromatic heterocycles. The zero-order valence-corrected chi connectivity index (χ0v) is 14.4. The van der Waals surface area contributed by atoms with Gasteiger partial charge in [0.05, 0.1) is 11.9 Å². The lowest BCUT2D eigenvalue weighted by molar-refractivity contribution is 0.0451. The fourth-order valence-electron chi connectivity index (χ4n) is 3.81. The summed E-state index contributed by atoms with van der Waals surface area (Å²) in [6.07, 6.45) is 2.70. The molecule has 0 saturated carbocycles. The van der Waals surface area contributed by atoms with E-state index in [1.807, 2.05) is 25.1 Å². The van der Waals surface area contributed by atoms with E-state index in [9.17, 15) is 13.5 Å². The smallest absolute Gasteiger partial charge is 0.211 e. The highest BCUT2D eigenvalue weighted by atomic mass is 32.2. The predicted molar refractivity (Wildman–Crippen MR) is 90.7 cm³/mol. The van der Waals surface area contributed by atoms with E-state index < -0.39 is 16.1 Å². The standard InChI is InChI=1S/C17H26N2O3S/c1-2-11-23(21,22)18-14-7-9-19(10-8-14)16-12-13-5-3-4-6-15(13)17(16)20/h3-6,14,16-18,20H,2,7-12H2,1H3/t16-,17+/m1/s1. The van der Waals surface area contributed by atoms with Crippen LogP contribution in [0.3, 0.4) is 0 Å². The molecule has 6 heteroatoms. The van der Waals surface area contributed by atoms with E-state index in [-0.39, 0.29) is 17.8 Å². The number of hydrogen-bond donors (Lipinski definition) is 2. The van der Waals surface area contributed by atoms with Crippen molar-refractivity contribution in [3.8, 4) is 0 Å². The first-order valence-corrected chi connectivity index (χ1v) is 10.2. The molecule has 0 unspecified atom stereocenters. The Kier molecular flexibility index (Phi) is 5.06. The second kappa shape index (κ2) is 6.89. The molecule has 1 aromatic carbocycles. The van der Waals surface area contributed by atoms with E-state index >= 15 is 0 Å². The van der Waals surface area contributed by atoms with E-state index in [4.69, 9.17) is 0 Å². The van der Waals surface area contributed by atoms with Gasteiger partial charge in [0.15, 0.2) is 0 Å². The summed E-state index contributed by atoms with van der Waals surface area (Å²) in [4.78, 5) is 2.31. The minimum absolute atomic E-state index is 0.0312. The molecule has 5 nitrogen and oxygen atoms in total. The molecule has 3 rings (SSSR count). The zero-order chi connectivity index (χ0) is 16.4. The minimum Gasteiger partial charge on any atom is -0.387 e. The monoisotopic (exact) mass is 338 g/mol. The Morgan fingerprint density at radius 1 is 1.26 bits per heavy atom. The number of likely N-dealkylation sites (tertiary alicyclic amines) is 1. The van der Waals surface area contributed by atoms with Crippen molar-refractivity contribution in [1.29, 1.82) is 0 Å². The normalized spacial score (nSPS) is 26.3. The van der Waals surface area contributed by atoms with Crippen molar-refractivity contribution in [1.82, 2.24) is 9.62 Å². The van der Waals surface area contributed by atoms with Crippen LogP contribution in [0.25, 0.3) is 0 Å². The topological polar surface area (TPSA) is 69.6 Å². The summed E-state index contributed by atoms with van der Waals surface area (Å²) in [6.45, 7) is 3.53. The van der Waals surface area contributed by atoms with Gasteiger partial charge in [0.1, 0.15) is 0 Å². The fraction of sp³-hybridized carbons (Fsp3) is 0.647. The lowest BCUT2D eigenvalue weighted by Crippen LogP contribution is -2.49. The Hall–Kier alpha value is -0.950. The van der Waals surface area contributed by atoms with Gasteiger partial charge < -0.3 is 5.11 Å². The minimum atomic E-state index is -3.14. The van der Waals surface area contributed by atoms with E-state index in [0.29, 0.717) is 6.42 Å². The number of sulfonamides is 1. The second-order valence-electron chi connectivity index (χ2n) is 6.66. The Bertz CT molecular complexity index is 639. The summed E-state index contributed by atoms with van der Waals surface area (Å²) >= 11 is 0. The Morgan fingerprint density at radius 3 is 2.61 bits per heavy atom. The van der Waals surface area contributed by atoms with E-state index in [2.05, 4.69) is 15.7 Å². The quantitative estimate of drug-likeness (QED) is 0.852. The number of nitrogens with zero attached hydrogens (tertiary/aromatic N) is 1. The molecule has 0 radical (unpaired) electrons. The first-order chi connectivity index (χ1) is 11.0. The number of fused-ring (bicyclic) bond motifs is 1. The van der Waals surface area contributed by atoms with Gasteiger partial charge in [-0.3, -0.25) is 4.90 Å². The van der Waals surface area contributed by atoms with Crippen molar-refractivity contribution in [2.24, 2.45) is 0 Å². The van der Waals surface area contributed by atoms with Crippen LogP contribution in [0.4, 0.5) is 0 Å². The maximum Gasteiger partial charge on any atom is 0.211 e. The van der Waals surface area contributed by atoms with Gasteiger partial charge >= 0.3 is 0 Å². The largest absolute Gasteiger partial charge is 0.387 e. The van der Waals surface area contributed by atoms with Gasteiger partial charge in [-0.05, 0) is 36.8 Å². The molecule has 1 fully saturated rings. The van der Waals surface area contributed by atoms with Gasteiger partial charge in [-0.1, -0.05) is 31.2 Å². The summed E-state index contributed by atoms with van der Waals surface area (Å²) in [5, 5.41) is 10.6. The molecule has 128 valence electrons. The van der Waals surface area contributed by atoms with E-state index in [1.165, 1.54) is 5.56 Å². The van der Waals surface area contributed by atoms with Gasteiger partial charge in [0.2, 0.25) is 10.0 Å². The molecule has 1 aliphatic heterocycles. The maximum atomic E-state index is 11.9. The molecule has 1 heterocycles. The molecule has 1 aliphatic carbocycles. The van der Waals surface area contributed by atoms with Gasteiger partial charge in [-0.15, -0.1) is 0 Å². The summed E-state index contributed by atoms with van der Waals surface area (Å²) in [5.41, 5.74) is 2.28. The molecule has 0 bridgehead atoms. The molecule has 2 aliphatic rings. The van der Waals surface area contributed by atoms with Gasteiger partial charge in [0.25, 0.3) is 0 Å². The van der Waals surface area contributed by atoms with Crippen LogP contribution in [-0.2, 0) is 16.4 Å². The average molecular weight is 338 g/mol. The lowest BCUT2D eigenvalue weighted by atomic mass is 10.0. The Balaban J connectivity index is 1.56. The molecule has 1 aromatic rings. The number of piperidine rings is 1. The number of nitrogens with one attached hydrogen (secondary N) is 1. The van der Waals surface area contributed by atoms with Gasteiger partial charge in [-0.2, -0.15) is 0 Å². The first kappa shape index (κ1) is 16.9.